The largest absolute Gasteiger partial charge is 0.466 e. The van der Waals surface area contributed by atoms with E-state index in [9.17, 15) is 4.79 Å². The lowest BCUT2D eigenvalue weighted by atomic mass is 10.1. The fraction of sp³-hybridized carbons (Fsp3) is 0.250. The van der Waals surface area contributed by atoms with Gasteiger partial charge < -0.3 is 9.30 Å². The lowest BCUT2D eigenvalue weighted by molar-refractivity contribution is -0.142. The van der Waals surface area contributed by atoms with Crippen molar-refractivity contribution in [1.82, 2.24) is 4.57 Å². The molecule has 0 aliphatic heterocycles. The molecule has 0 spiro atoms. The second-order valence-corrected chi connectivity index (χ2v) is 5.64. The first kappa shape index (κ1) is 15.3. The van der Waals surface area contributed by atoms with E-state index in [1.54, 1.807) is 0 Å². The highest BCUT2D eigenvalue weighted by atomic mass is 16.5. The summed E-state index contributed by atoms with van der Waals surface area (Å²) in [6.45, 7) is 5.09. The van der Waals surface area contributed by atoms with Crippen LogP contribution in [0.1, 0.15) is 23.7 Å². The Balaban J connectivity index is 2.07. The van der Waals surface area contributed by atoms with Crippen LogP contribution in [0, 0.1) is 6.92 Å². The SMILES string of the molecule is CCOC(=O)Cc1c(C)c2ccccc2n1Cc1ccccc1. The van der Waals surface area contributed by atoms with Gasteiger partial charge in [-0.1, -0.05) is 48.5 Å². The molecule has 118 valence electrons. The molecule has 0 amide bonds. The van der Waals surface area contributed by atoms with Crippen molar-refractivity contribution in [3.63, 3.8) is 0 Å². The molecule has 0 bridgehead atoms. The molecule has 3 aromatic rings. The molecule has 0 aliphatic rings. The number of nitrogens with zero attached hydrogens (tertiary/aromatic N) is 1. The van der Waals surface area contributed by atoms with Crippen molar-refractivity contribution in [1.29, 1.82) is 0 Å². The van der Waals surface area contributed by atoms with E-state index in [0.717, 1.165) is 23.3 Å². The zero-order chi connectivity index (χ0) is 16.2. The number of para-hydroxylation sites is 1. The molecule has 0 N–H and O–H groups in total. The third-order valence-corrected chi connectivity index (χ3v) is 4.16. The Hall–Kier alpha value is -2.55. The number of hydrogen-bond donors (Lipinski definition) is 0. The molecular weight excluding hydrogens is 286 g/mol. The lowest BCUT2D eigenvalue weighted by Gasteiger charge is -2.11. The van der Waals surface area contributed by atoms with Crippen molar-refractivity contribution < 1.29 is 9.53 Å². The number of aromatic nitrogens is 1. The Morgan fingerprint density at radius 3 is 2.48 bits per heavy atom. The number of rotatable bonds is 5. The van der Waals surface area contributed by atoms with Crippen LogP contribution in [-0.4, -0.2) is 17.1 Å². The highest BCUT2D eigenvalue weighted by Crippen LogP contribution is 2.27. The standard InChI is InChI=1S/C20H21NO2/c1-3-23-20(22)13-19-15(2)17-11-7-8-12-18(17)21(19)14-16-9-5-4-6-10-16/h4-12H,3,13-14H2,1-2H3. The van der Waals surface area contributed by atoms with Crippen molar-refractivity contribution >= 4 is 16.9 Å². The minimum absolute atomic E-state index is 0.173. The zero-order valence-electron chi connectivity index (χ0n) is 13.6. The molecule has 3 nitrogen and oxygen atoms in total. The quantitative estimate of drug-likeness (QED) is 0.664. The third kappa shape index (κ3) is 3.14. The van der Waals surface area contributed by atoms with Crippen LogP contribution in [0.25, 0.3) is 10.9 Å². The van der Waals surface area contributed by atoms with Gasteiger partial charge in [0, 0.05) is 23.1 Å². The minimum Gasteiger partial charge on any atom is -0.466 e. The summed E-state index contributed by atoms with van der Waals surface area (Å²) in [7, 11) is 0. The van der Waals surface area contributed by atoms with Crippen LogP contribution in [0.3, 0.4) is 0 Å². The number of ether oxygens (including phenoxy) is 1. The van der Waals surface area contributed by atoms with Crippen LogP contribution in [0.5, 0.6) is 0 Å². The molecule has 3 rings (SSSR count). The Morgan fingerprint density at radius 1 is 1.04 bits per heavy atom. The van der Waals surface area contributed by atoms with Crippen LogP contribution in [0.2, 0.25) is 0 Å². The van der Waals surface area contributed by atoms with Gasteiger partial charge in [0.2, 0.25) is 0 Å². The van der Waals surface area contributed by atoms with Gasteiger partial charge in [0.25, 0.3) is 0 Å². The van der Waals surface area contributed by atoms with Crippen molar-refractivity contribution in [3.05, 3.63) is 71.4 Å². The number of carbonyl (C=O) groups excluding carboxylic acids is 1. The first-order chi connectivity index (χ1) is 11.2. The molecule has 1 heterocycles. The molecule has 1 aromatic heterocycles. The molecule has 3 heteroatoms. The van der Waals surface area contributed by atoms with Crippen molar-refractivity contribution in [3.8, 4) is 0 Å². The van der Waals surface area contributed by atoms with Gasteiger partial charge in [0.1, 0.15) is 0 Å². The Labute approximate surface area is 136 Å². The molecule has 0 saturated heterocycles. The Bertz CT molecular complexity index is 818. The summed E-state index contributed by atoms with van der Waals surface area (Å²) in [6, 6.07) is 18.6. The van der Waals surface area contributed by atoms with Gasteiger partial charge in [-0.05, 0) is 31.0 Å². The fourth-order valence-electron chi connectivity index (χ4n) is 3.05. The van der Waals surface area contributed by atoms with Gasteiger partial charge >= 0.3 is 5.97 Å². The summed E-state index contributed by atoms with van der Waals surface area (Å²) in [4.78, 5) is 12.0. The van der Waals surface area contributed by atoms with Crippen LogP contribution >= 0.6 is 0 Å². The topological polar surface area (TPSA) is 31.2 Å². The molecule has 0 atom stereocenters. The molecule has 0 fully saturated rings. The van der Waals surface area contributed by atoms with Crippen molar-refractivity contribution in [2.75, 3.05) is 6.61 Å². The van der Waals surface area contributed by atoms with E-state index in [1.165, 1.54) is 10.9 Å². The van der Waals surface area contributed by atoms with E-state index in [-0.39, 0.29) is 5.97 Å². The van der Waals surface area contributed by atoms with Gasteiger partial charge in [-0.2, -0.15) is 0 Å². The zero-order valence-corrected chi connectivity index (χ0v) is 13.6. The Morgan fingerprint density at radius 2 is 1.74 bits per heavy atom. The van der Waals surface area contributed by atoms with E-state index < -0.39 is 0 Å². The number of carbonyl (C=O) groups is 1. The minimum atomic E-state index is -0.173. The average molecular weight is 307 g/mol. The van der Waals surface area contributed by atoms with Crippen LogP contribution in [-0.2, 0) is 22.5 Å². The predicted molar refractivity (Wildman–Crippen MR) is 92.6 cm³/mol. The third-order valence-electron chi connectivity index (χ3n) is 4.16. The summed E-state index contributed by atoms with van der Waals surface area (Å²) >= 11 is 0. The molecule has 2 aromatic carbocycles. The summed E-state index contributed by atoms with van der Waals surface area (Å²) in [5, 5.41) is 1.20. The molecule has 0 radical (unpaired) electrons. The predicted octanol–water partition coefficient (Wildman–Crippen LogP) is 4.10. The van der Waals surface area contributed by atoms with Gasteiger partial charge in [0.15, 0.2) is 0 Å². The number of hydrogen-bond acceptors (Lipinski definition) is 2. The van der Waals surface area contributed by atoms with Gasteiger partial charge in [-0.25, -0.2) is 0 Å². The number of fused-ring (bicyclic) bond motifs is 1. The normalized spacial score (nSPS) is 10.9. The second-order valence-electron chi connectivity index (χ2n) is 5.64. The summed E-state index contributed by atoms with van der Waals surface area (Å²) in [6.07, 6.45) is 0.307. The van der Waals surface area contributed by atoms with E-state index in [0.29, 0.717) is 13.0 Å². The van der Waals surface area contributed by atoms with Crippen molar-refractivity contribution in [2.45, 2.75) is 26.8 Å². The highest BCUT2D eigenvalue weighted by Gasteiger charge is 2.17. The summed E-state index contributed by atoms with van der Waals surface area (Å²) in [5.74, 6) is -0.173. The smallest absolute Gasteiger partial charge is 0.311 e. The number of esters is 1. The average Bonchev–Trinajstić information content (AvgIpc) is 2.82. The van der Waals surface area contributed by atoms with Gasteiger partial charge in [0.05, 0.1) is 13.0 Å². The lowest BCUT2D eigenvalue weighted by Crippen LogP contribution is -2.13. The first-order valence-electron chi connectivity index (χ1n) is 7.97. The van der Waals surface area contributed by atoms with Gasteiger partial charge in [-0.15, -0.1) is 0 Å². The van der Waals surface area contributed by atoms with E-state index in [4.69, 9.17) is 4.74 Å². The maximum absolute atomic E-state index is 12.0. The van der Waals surface area contributed by atoms with E-state index >= 15 is 0 Å². The molecular formula is C20H21NO2. The molecule has 0 unspecified atom stereocenters. The Kier molecular flexibility index (Phi) is 4.47. The van der Waals surface area contributed by atoms with E-state index in [1.807, 2.05) is 37.3 Å². The summed E-state index contributed by atoms with van der Waals surface area (Å²) in [5.41, 5.74) is 4.57. The second kappa shape index (κ2) is 6.69. The van der Waals surface area contributed by atoms with Crippen LogP contribution in [0.4, 0.5) is 0 Å². The first-order valence-corrected chi connectivity index (χ1v) is 7.97. The molecule has 23 heavy (non-hydrogen) atoms. The van der Waals surface area contributed by atoms with Crippen molar-refractivity contribution in [2.24, 2.45) is 0 Å². The van der Waals surface area contributed by atoms with E-state index in [2.05, 4.69) is 35.8 Å². The molecule has 0 saturated carbocycles. The monoisotopic (exact) mass is 307 g/mol. The fourth-order valence-corrected chi connectivity index (χ4v) is 3.05. The highest BCUT2D eigenvalue weighted by molar-refractivity contribution is 5.87. The number of benzene rings is 2. The molecule has 0 aliphatic carbocycles. The van der Waals surface area contributed by atoms with Gasteiger partial charge in [-0.3, -0.25) is 4.79 Å². The van der Waals surface area contributed by atoms with Crippen LogP contribution in [0.15, 0.2) is 54.6 Å². The number of aryl methyl sites for hydroxylation is 1. The maximum Gasteiger partial charge on any atom is 0.311 e. The van der Waals surface area contributed by atoms with Crippen LogP contribution < -0.4 is 0 Å². The maximum atomic E-state index is 12.0. The summed E-state index contributed by atoms with van der Waals surface area (Å²) < 4.78 is 7.38.